The third-order valence-corrected chi connectivity index (χ3v) is 13.1. The van der Waals surface area contributed by atoms with Gasteiger partial charge in [-0.2, -0.15) is 0 Å². The number of ether oxygens (including phenoxy) is 3. The van der Waals surface area contributed by atoms with E-state index in [1.807, 2.05) is 108 Å². The lowest BCUT2D eigenvalue weighted by molar-refractivity contribution is 0.0636. The zero-order valence-electron chi connectivity index (χ0n) is 43.3. The maximum Gasteiger partial charge on any atom is 0.412 e. The summed E-state index contributed by atoms with van der Waals surface area (Å²) in [6.07, 6.45) is 7.24. The molecule has 0 spiro atoms. The Morgan fingerprint density at radius 3 is 1.51 bits per heavy atom. The smallest absolute Gasteiger partial charge is 0.412 e. The summed E-state index contributed by atoms with van der Waals surface area (Å²) >= 11 is 0. The Morgan fingerprint density at radius 2 is 1.07 bits per heavy atom. The number of piperidine rings is 2. The van der Waals surface area contributed by atoms with E-state index in [9.17, 15) is 13.6 Å². The minimum Gasteiger partial charge on any atom is -0.495 e. The van der Waals surface area contributed by atoms with E-state index in [1.165, 1.54) is 11.1 Å². The van der Waals surface area contributed by atoms with Crippen molar-refractivity contribution in [2.75, 3.05) is 99.2 Å². The van der Waals surface area contributed by atoms with Crippen molar-refractivity contribution in [2.45, 2.75) is 77.7 Å². The number of amides is 1. The van der Waals surface area contributed by atoms with Gasteiger partial charge in [-0.05, 0) is 181 Å². The van der Waals surface area contributed by atoms with E-state index < -0.39 is 11.7 Å². The van der Waals surface area contributed by atoms with Crippen molar-refractivity contribution >= 4 is 63.2 Å². The number of nitrogens with one attached hydrogen (secondary N) is 5. The summed E-state index contributed by atoms with van der Waals surface area (Å²) < 4.78 is 42.1. The number of aryl methyl sites for hydroxylation is 2. The van der Waals surface area contributed by atoms with Gasteiger partial charge in [-0.25, -0.2) is 23.5 Å². The molecule has 7 N–H and O–H groups in total. The minimum absolute atomic E-state index is 0.275. The molecule has 2 aliphatic rings. The lowest BCUT2D eigenvalue weighted by Crippen LogP contribution is -2.34. The number of likely N-dealkylation sites (tertiary alicyclic amines) is 2. The van der Waals surface area contributed by atoms with Gasteiger partial charge in [0.2, 0.25) is 0 Å². The van der Waals surface area contributed by atoms with Crippen molar-refractivity contribution in [1.82, 2.24) is 19.8 Å². The molecule has 388 valence electrons. The molecule has 6 aromatic rings. The van der Waals surface area contributed by atoms with Crippen molar-refractivity contribution in [3.63, 3.8) is 0 Å². The first-order chi connectivity index (χ1) is 35.2. The highest BCUT2D eigenvalue weighted by molar-refractivity contribution is 5.86. The molecule has 0 atom stereocenters. The third kappa shape index (κ3) is 15.7. The van der Waals surface area contributed by atoms with Crippen molar-refractivity contribution in [3.8, 4) is 11.5 Å². The highest BCUT2D eigenvalue weighted by atomic mass is 19.1. The molecule has 2 fully saturated rings. The number of rotatable bonds is 17. The van der Waals surface area contributed by atoms with Crippen LogP contribution in [-0.4, -0.2) is 98.3 Å². The Balaban J connectivity index is 0.000000218. The second-order valence-electron chi connectivity index (χ2n) is 19.6. The van der Waals surface area contributed by atoms with Crippen molar-refractivity contribution in [2.24, 2.45) is 0 Å². The van der Waals surface area contributed by atoms with Crippen LogP contribution in [0.4, 0.5) is 70.7 Å². The first kappa shape index (κ1) is 53.6. The number of nitrogens with two attached hydrogens (primary N) is 1. The summed E-state index contributed by atoms with van der Waals surface area (Å²) in [5.41, 5.74) is 16.4. The fourth-order valence-electron chi connectivity index (χ4n) is 9.10. The van der Waals surface area contributed by atoms with Crippen LogP contribution in [0.25, 0.3) is 0 Å². The van der Waals surface area contributed by atoms with Crippen LogP contribution in [0.5, 0.6) is 11.5 Å². The largest absolute Gasteiger partial charge is 0.495 e. The monoisotopic (exact) mass is 999 g/mol. The second kappa shape index (κ2) is 25.5. The van der Waals surface area contributed by atoms with Gasteiger partial charge >= 0.3 is 6.09 Å². The zero-order valence-corrected chi connectivity index (χ0v) is 43.3. The molecular weight excluding hydrogens is 927 g/mol. The molecule has 0 saturated carbocycles. The number of hydrogen-bond donors (Lipinski definition) is 6. The summed E-state index contributed by atoms with van der Waals surface area (Å²) in [7, 11) is 3.35. The molecule has 0 aliphatic carbocycles. The van der Waals surface area contributed by atoms with Gasteiger partial charge in [0.1, 0.15) is 42.1 Å². The molecule has 0 unspecified atom stereocenters. The van der Waals surface area contributed by atoms with Crippen molar-refractivity contribution < 1.29 is 27.8 Å². The van der Waals surface area contributed by atoms with Crippen LogP contribution < -0.4 is 41.8 Å². The van der Waals surface area contributed by atoms with Crippen LogP contribution in [0.3, 0.4) is 0 Å². The molecule has 14 nitrogen and oxygen atoms in total. The lowest BCUT2D eigenvalue weighted by atomic mass is 9.89. The number of carbonyl (C=O) groups excluding carboxylic acids is 1. The number of nitrogens with zero attached hydrogens (tertiary/aromatic N) is 4. The van der Waals surface area contributed by atoms with E-state index in [0.717, 1.165) is 114 Å². The summed E-state index contributed by atoms with van der Waals surface area (Å²) in [4.78, 5) is 25.7. The average molecular weight is 999 g/mol. The number of anilines is 10. The topological polar surface area (TPSA) is 163 Å². The summed E-state index contributed by atoms with van der Waals surface area (Å²) in [5.74, 6) is 3.83. The molecule has 1 amide bonds. The average Bonchev–Trinajstić information content (AvgIpc) is 3.37. The molecule has 0 bridgehead atoms. The number of halogens is 2. The van der Waals surface area contributed by atoms with Gasteiger partial charge in [-0.15, -0.1) is 0 Å². The fourth-order valence-corrected chi connectivity index (χ4v) is 9.10. The van der Waals surface area contributed by atoms with Crippen LogP contribution in [0.2, 0.25) is 0 Å². The molecule has 0 radical (unpaired) electrons. The molecule has 8 rings (SSSR count). The van der Waals surface area contributed by atoms with Crippen molar-refractivity contribution in [3.05, 3.63) is 132 Å². The molecule has 16 heteroatoms. The van der Waals surface area contributed by atoms with Crippen LogP contribution in [-0.2, 0) is 4.74 Å². The highest BCUT2D eigenvalue weighted by Gasteiger charge is 2.23. The number of aromatic nitrogens is 2. The molecule has 73 heavy (non-hydrogen) atoms. The highest BCUT2D eigenvalue weighted by Crippen LogP contribution is 2.38. The lowest BCUT2D eigenvalue weighted by Gasteiger charge is -2.31. The molecule has 4 aromatic carbocycles. The summed E-state index contributed by atoms with van der Waals surface area (Å²) in [6.45, 7) is 13.7. The molecular formula is C57H72F2N10O4. The van der Waals surface area contributed by atoms with E-state index >= 15 is 0 Å². The Kier molecular flexibility index (Phi) is 18.7. The predicted molar refractivity (Wildman–Crippen MR) is 293 cm³/mol. The number of nitrogen functional groups attached to an aromatic ring is 1. The number of methoxy groups -OCH3 is 2. The summed E-state index contributed by atoms with van der Waals surface area (Å²) in [6, 6.07) is 31.6. The van der Waals surface area contributed by atoms with Gasteiger partial charge in [0.15, 0.2) is 0 Å². The quantitative estimate of drug-likeness (QED) is 0.0479. The minimum atomic E-state index is -0.574. The number of pyridine rings is 2. The van der Waals surface area contributed by atoms with Gasteiger partial charge in [-0.3, -0.25) is 5.32 Å². The van der Waals surface area contributed by atoms with E-state index in [2.05, 4.69) is 76.7 Å². The van der Waals surface area contributed by atoms with Crippen LogP contribution in [0, 0.1) is 13.8 Å². The molecule has 4 heterocycles. The Morgan fingerprint density at radius 1 is 0.616 bits per heavy atom. The van der Waals surface area contributed by atoms with Gasteiger partial charge in [0.25, 0.3) is 0 Å². The van der Waals surface area contributed by atoms with Gasteiger partial charge in [-0.1, -0.05) is 24.3 Å². The van der Waals surface area contributed by atoms with E-state index in [1.54, 1.807) is 20.4 Å². The maximum atomic E-state index is 12.7. The number of hydrogen-bond acceptors (Lipinski definition) is 13. The number of carbonyl (C=O) groups is 1. The van der Waals surface area contributed by atoms with Crippen LogP contribution >= 0.6 is 0 Å². The summed E-state index contributed by atoms with van der Waals surface area (Å²) in [5, 5.41) is 16.4. The number of alkyl halides is 2. The number of benzene rings is 4. The predicted octanol–water partition coefficient (Wildman–Crippen LogP) is 13.0. The molecule has 2 saturated heterocycles. The van der Waals surface area contributed by atoms with Crippen LogP contribution in [0.1, 0.15) is 80.5 Å². The molecule has 2 aliphatic heterocycles. The van der Waals surface area contributed by atoms with E-state index in [4.69, 9.17) is 19.9 Å². The van der Waals surface area contributed by atoms with E-state index in [-0.39, 0.29) is 13.3 Å². The first-order valence-electron chi connectivity index (χ1n) is 25.1. The maximum absolute atomic E-state index is 12.7. The first-order valence-corrected chi connectivity index (χ1v) is 25.1. The zero-order chi connectivity index (χ0) is 51.9. The Hall–Kier alpha value is -7.17. The van der Waals surface area contributed by atoms with Gasteiger partial charge in [0.05, 0.1) is 25.6 Å². The Bertz CT molecular complexity index is 2760. The Labute approximate surface area is 429 Å². The van der Waals surface area contributed by atoms with Gasteiger partial charge < -0.3 is 51.0 Å². The SMILES string of the molecule is COc1cc(C2CCN(CCF)CC2)ccc1Nc1cc(Nc2cccc(N)c2)c(C)cn1.COc1cc(C2CCN(CCF)CC2)ccc1Nc1cc(Nc2cccc(NC(=O)OC(C)(C)C)c2)c(C)cn1. The van der Waals surface area contributed by atoms with Crippen LogP contribution in [0.15, 0.2) is 109 Å². The van der Waals surface area contributed by atoms with E-state index in [0.29, 0.717) is 42.1 Å². The molecule has 2 aromatic heterocycles. The third-order valence-electron chi connectivity index (χ3n) is 13.1. The standard InChI is InChI=1S/C31H40FN5O3.C26H32FN5O/c1-21-20-33-29(19-27(21)34-24-7-6-8-25(18-24)35-30(38)40-31(2,3)4)36-26-10-9-23(17-28(26)39-5)22-11-14-37(15-12-22)16-13-32;1-18-17-29-26(16-24(18)30-22-5-3-4-21(28)15-22)31-23-7-6-20(14-25(23)33-2)19-8-11-32(12-9-19)13-10-27/h6-10,17-20,22H,11-16H2,1-5H3,(H,35,38)(H2,33,34,36);3-7,14-17,19H,8-13,28H2,1-2H3,(H2,29,30,31). The fraction of sp³-hybridized carbons (Fsp3) is 0.386. The van der Waals surface area contributed by atoms with Gasteiger partial charge in [0, 0.05) is 71.7 Å². The van der Waals surface area contributed by atoms with Crippen molar-refractivity contribution in [1.29, 1.82) is 0 Å². The normalized spacial score (nSPS) is 14.6. The second-order valence-corrected chi connectivity index (χ2v) is 19.6.